The molecule has 1 aliphatic heterocycles. The first-order valence-corrected chi connectivity index (χ1v) is 9.13. The monoisotopic (exact) mass is 357 g/mol. The first-order chi connectivity index (χ1) is 13.3. The standard InChI is InChI=1S/C22H19N3O2/c1-26-17-8-6-14(7-9-17)18-10-19(18)21-24-20(11-23)22(27-21)25-12-15-4-2-3-5-16(15)13-25/h2-9,18-19H,10,12-13H2,1H3. The van der Waals surface area contributed by atoms with Crippen molar-refractivity contribution in [1.29, 1.82) is 5.26 Å². The van der Waals surface area contributed by atoms with Crippen molar-refractivity contribution in [2.75, 3.05) is 12.0 Å². The Kier molecular flexibility index (Phi) is 3.64. The number of nitrogens with zero attached hydrogens (tertiary/aromatic N) is 3. The van der Waals surface area contributed by atoms with Gasteiger partial charge in [-0.2, -0.15) is 5.26 Å². The summed E-state index contributed by atoms with van der Waals surface area (Å²) in [5.41, 5.74) is 4.20. The average molecular weight is 357 g/mol. The van der Waals surface area contributed by atoms with E-state index in [-0.39, 0.29) is 5.92 Å². The summed E-state index contributed by atoms with van der Waals surface area (Å²) < 4.78 is 11.3. The summed E-state index contributed by atoms with van der Waals surface area (Å²) in [7, 11) is 1.67. The predicted octanol–water partition coefficient (Wildman–Crippen LogP) is 4.35. The fourth-order valence-electron chi connectivity index (χ4n) is 3.94. The van der Waals surface area contributed by atoms with Gasteiger partial charge in [0.05, 0.1) is 7.11 Å². The first-order valence-electron chi connectivity index (χ1n) is 9.13. The van der Waals surface area contributed by atoms with Gasteiger partial charge in [0.15, 0.2) is 0 Å². The summed E-state index contributed by atoms with van der Waals surface area (Å²) >= 11 is 0. The van der Waals surface area contributed by atoms with Crippen LogP contribution in [0.5, 0.6) is 5.75 Å². The number of fused-ring (bicyclic) bond motifs is 1. The lowest BCUT2D eigenvalue weighted by Crippen LogP contribution is -2.14. The number of oxazole rings is 1. The third kappa shape index (κ3) is 2.74. The maximum absolute atomic E-state index is 9.54. The predicted molar refractivity (Wildman–Crippen MR) is 101 cm³/mol. The molecule has 1 fully saturated rings. The minimum absolute atomic E-state index is 0.240. The van der Waals surface area contributed by atoms with Crippen molar-refractivity contribution in [3.63, 3.8) is 0 Å². The number of nitriles is 1. The van der Waals surface area contributed by atoms with Crippen molar-refractivity contribution in [2.24, 2.45) is 0 Å². The van der Waals surface area contributed by atoms with E-state index < -0.39 is 0 Å². The zero-order chi connectivity index (χ0) is 18.4. The van der Waals surface area contributed by atoms with Gasteiger partial charge in [-0.1, -0.05) is 36.4 Å². The topological polar surface area (TPSA) is 62.3 Å². The van der Waals surface area contributed by atoms with Crippen LogP contribution in [0.3, 0.4) is 0 Å². The number of hydrogen-bond acceptors (Lipinski definition) is 5. The maximum Gasteiger partial charge on any atom is 0.235 e. The number of rotatable bonds is 4. The molecule has 1 saturated carbocycles. The molecule has 134 valence electrons. The van der Waals surface area contributed by atoms with E-state index in [4.69, 9.17) is 9.15 Å². The fraction of sp³-hybridized carbons (Fsp3) is 0.273. The third-order valence-electron chi connectivity index (χ3n) is 5.51. The zero-order valence-corrected chi connectivity index (χ0v) is 15.1. The molecule has 27 heavy (non-hydrogen) atoms. The Bertz CT molecular complexity index is 1010. The fourth-order valence-corrected chi connectivity index (χ4v) is 3.94. The minimum atomic E-state index is 0.240. The highest BCUT2D eigenvalue weighted by Crippen LogP contribution is 2.55. The van der Waals surface area contributed by atoms with Crippen LogP contribution in [0.25, 0.3) is 0 Å². The molecule has 0 N–H and O–H groups in total. The second kappa shape index (κ2) is 6.17. The number of anilines is 1. The highest BCUT2D eigenvalue weighted by atomic mass is 16.5. The number of methoxy groups -OCH3 is 1. The van der Waals surface area contributed by atoms with Gasteiger partial charge in [0.2, 0.25) is 17.5 Å². The molecule has 5 heteroatoms. The van der Waals surface area contributed by atoms with Crippen molar-refractivity contribution < 1.29 is 9.15 Å². The van der Waals surface area contributed by atoms with E-state index in [0.29, 0.717) is 23.4 Å². The van der Waals surface area contributed by atoms with Crippen LogP contribution in [-0.4, -0.2) is 12.1 Å². The van der Waals surface area contributed by atoms with Crippen LogP contribution >= 0.6 is 0 Å². The third-order valence-corrected chi connectivity index (χ3v) is 5.51. The summed E-state index contributed by atoms with van der Waals surface area (Å²) in [4.78, 5) is 6.62. The second-order valence-electron chi connectivity index (χ2n) is 7.16. The molecule has 0 bridgehead atoms. The summed E-state index contributed by atoms with van der Waals surface area (Å²) in [5, 5.41) is 9.54. The van der Waals surface area contributed by atoms with E-state index in [1.165, 1.54) is 16.7 Å². The number of hydrogen-bond donors (Lipinski definition) is 0. The minimum Gasteiger partial charge on any atom is -0.497 e. The molecule has 2 aliphatic rings. The van der Waals surface area contributed by atoms with E-state index in [1.807, 2.05) is 24.3 Å². The van der Waals surface area contributed by atoms with Crippen molar-refractivity contribution in [3.8, 4) is 11.8 Å². The summed E-state index contributed by atoms with van der Waals surface area (Å²) in [6.07, 6.45) is 0.997. The van der Waals surface area contributed by atoms with E-state index in [9.17, 15) is 5.26 Å². The van der Waals surface area contributed by atoms with Crippen LogP contribution in [-0.2, 0) is 13.1 Å². The molecule has 0 spiro atoms. The van der Waals surface area contributed by atoms with Crippen molar-refractivity contribution in [2.45, 2.75) is 31.3 Å². The van der Waals surface area contributed by atoms with Crippen LogP contribution in [0, 0.1) is 11.3 Å². The molecule has 0 saturated heterocycles. The summed E-state index contributed by atoms with van der Waals surface area (Å²) in [5.74, 6) is 2.77. The Morgan fingerprint density at radius 2 is 1.78 bits per heavy atom. The van der Waals surface area contributed by atoms with E-state index in [1.54, 1.807) is 7.11 Å². The normalized spacial score (nSPS) is 20.2. The van der Waals surface area contributed by atoms with E-state index >= 15 is 0 Å². The van der Waals surface area contributed by atoms with Crippen LogP contribution in [0.4, 0.5) is 5.88 Å². The quantitative estimate of drug-likeness (QED) is 0.695. The van der Waals surface area contributed by atoms with Gasteiger partial charge in [-0.25, -0.2) is 4.98 Å². The molecule has 2 aromatic carbocycles. The molecule has 0 amide bonds. The maximum atomic E-state index is 9.54. The van der Waals surface area contributed by atoms with Gasteiger partial charge < -0.3 is 14.1 Å². The van der Waals surface area contributed by atoms with Gasteiger partial charge in [-0.3, -0.25) is 0 Å². The van der Waals surface area contributed by atoms with Crippen molar-refractivity contribution in [3.05, 3.63) is 76.8 Å². The zero-order valence-electron chi connectivity index (χ0n) is 15.1. The molecule has 5 rings (SSSR count). The lowest BCUT2D eigenvalue weighted by Gasteiger charge is -2.13. The Balaban J connectivity index is 1.37. The second-order valence-corrected chi connectivity index (χ2v) is 7.16. The highest BCUT2D eigenvalue weighted by molar-refractivity contribution is 5.53. The van der Waals surface area contributed by atoms with Crippen molar-refractivity contribution >= 4 is 5.88 Å². The Hall–Kier alpha value is -3.26. The van der Waals surface area contributed by atoms with Gasteiger partial charge in [-0.15, -0.1) is 0 Å². The number of ether oxygens (including phenoxy) is 1. The smallest absolute Gasteiger partial charge is 0.235 e. The first kappa shape index (κ1) is 16.0. The molecule has 2 heterocycles. The molecule has 2 unspecified atom stereocenters. The highest BCUT2D eigenvalue weighted by Gasteiger charge is 2.44. The van der Waals surface area contributed by atoms with Gasteiger partial charge in [0.1, 0.15) is 11.8 Å². The van der Waals surface area contributed by atoms with E-state index in [2.05, 4.69) is 40.2 Å². The van der Waals surface area contributed by atoms with Gasteiger partial charge in [-0.05, 0) is 41.2 Å². The number of aromatic nitrogens is 1. The van der Waals surface area contributed by atoms with E-state index in [0.717, 1.165) is 25.3 Å². The van der Waals surface area contributed by atoms with Gasteiger partial charge >= 0.3 is 0 Å². The van der Waals surface area contributed by atoms with Gasteiger partial charge in [0, 0.05) is 19.0 Å². The molecule has 1 aliphatic carbocycles. The molecule has 5 nitrogen and oxygen atoms in total. The summed E-state index contributed by atoms with van der Waals surface area (Å²) in [6.45, 7) is 1.51. The van der Waals surface area contributed by atoms with Crippen LogP contribution < -0.4 is 9.64 Å². The summed E-state index contributed by atoms with van der Waals surface area (Å²) in [6, 6.07) is 18.7. The largest absolute Gasteiger partial charge is 0.497 e. The molecular weight excluding hydrogens is 338 g/mol. The molecule has 2 atom stereocenters. The van der Waals surface area contributed by atoms with Crippen LogP contribution in [0.15, 0.2) is 52.9 Å². The lowest BCUT2D eigenvalue weighted by atomic mass is 10.1. The lowest BCUT2D eigenvalue weighted by molar-refractivity contribution is 0.414. The Morgan fingerprint density at radius 3 is 2.41 bits per heavy atom. The Labute approximate surface area is 157 Å². The SMILES string of the molecule is COc1ccc(C2CC2c2nc(C#N)c(N3Cc4ccccc4C3)o2)cc1. The van der Waals surface area contributed by atoms with Crippen LogP contribution in [0.1, 0.15) is 46.5 Å². The van der Waals surface area contributed by atoms with Gasteiger partial charge in [0.25, 0.3) is 0 Å². The molecular formula is C22H19N3O2. The number of benzene rings is 2. The Morgan fingerprint density at radius 1 is 1.07 bits per heavy atom. The van der Waals surface area contributed by atoms with Crippen molar-refractivity contribution in [1.82, 2.24) is 4.98 Å². The average Bonchev–Trinajstić information content (AvgIpc) is 3.21. The molecule has 3 aromatic rings. The van der Waals surface area contributed by atoms with Crippen LogP contribution in [0.2, 0.25) is 0 Å². The molecule has 0 radical (unpaired) electrons. The molecule has 1 aromatic heterocycles.